The van der Waals surface area contributed by atoms with Crippen LogP contribution in [0.1, 0.15) is 6.92 Å². The van der Waals surface area contributed by atoms with Crippen molar-refractivity contribution in [3.63, 3.8) is 0 Å². The normalized spacial score (nSPS) is 11.8. The predicted molar refractivity (Wildman–Crippen MR) is 52.1 cm³/mol. The van der Waals surface area contributed by atoms with Crippen molar-refractivity contribution in [3.05, 3.63) is 17.5 Å². The van der Waals surface area contributed by atoms with E-state index >= 15 is 0 Å². The van der Waals surface area contributed by atoms with Crippen LogP contribution in [0, 0.1) is 0 Å². The molecule has 76 valence electrons. The maximum atomic E-state index is 11.3. The molecule has 0 radical (unpaired) electrons. The van der Waals surface area contributed by atoms with E-state index in [1.54, 1.807) is 17.5 Å². The maximum absolute atomic E-state index is 11.3. The van der Waals surface area contributed by atoms with E-state index in [0.29, 0.717) is 5.06 Å². The lowest BCUT2D eigenvalue weighted by Gasteiger charge is -2.09. The van der Waals surface area contributed by atoms with Crippen LogP contribution >= 0.6 is 11.3 Å². The number of nitrogens with two attached hydrogens (primary N) is 1. The van der Waals surface area contributed by atoms with E-state index in [-0.39, 0.29) is 0 Å². The zero-order valence-corrected chi connectivity index (χ0v) is 8.34. The Kier molecular flexibility index (Phi) is 3.47. The molecule has 6 heteroatoms. The number of esters is 1. The molecule has 0 bridgehead atoms. The van der Waals surface area contributed by atoms with E-state index in [0.717, 1.165) is 0 Å². The molecule has 1 heterocycles. The van der Waals surface area contributed by atoms with Crippen LogP contribution in [-0.4, -0.2) is 18.0 Å². The summed E-state index contributed by atoms with van der Waals surface area (Å²) in [5, 5.41) is 4.50. The van der Waals surface area contributed by atoms with Gasteiger partial charge >= 0.3 is 12.0 Å². The molecule has 3 N–H and O–H groups in total. The van der Waals surface area contributed by atoms with Crippen LogP contribution in [-0.2, 0) is 4.79 Å². The average molecular weight is 214 g/mol. The van der Waals surface area contributed by atoms with Crippen molar-refractivity contribution in [1.82, 2.24) is 5.32 Å². The first-order valence-electron chi connectivity index (χ1n) is 3.91. The number of nitrogens with one attached hydrogen (secondary N) is 1. The van der Waals surface area contributed by atoms with Gasteiger partial charge in [0.15, 0.2) is 5.06 Å². The van der Waals surface area contributed by atoms with Gasteiger partial charge in [-0.3, -0.25) is 0 Å². The number of carbonyl (C=O) groups is 2. The van der Waals surface area contributed by atoms with Crippen LogP contribution in [0.25, 0.3) is 0 Å². The highest BCUT2D eigenvalue weighted by Crippen LogP contribution is 2.18. The fraction of sp³-hybridized carbons (Fsp3) is 0.250. The molecular formula is C8H10N2O3S. The van der Waals surface area contributed by atoms with Crippen molar-refractivity contribution >= 4 is 23.3 Å². The molecule has 1 atom stereocenters. The summed E-state index contributed by atoms with van der Waals surface area (Å²) in [7, 11) is 0. The summed E-state index contributed by atoms with van der Waals surface area (Å²) in [6.45, 7) is 1.50. The molecule has 0 saturated carbocycles. The first-order valence-corrected chi connectivity index (χ1v) is 4.78. The molecule has 1 aromatic heterocycles. The zero-order valence-electron chi connectivity index (χ0n) is 7.52. The third kappa shape index (κ3) is 3.06. The summed E-state index contributed by atoms with van der Waals surface area (Å²) < 4.78 is 4.93. The van der Waals surface area contributed by atoms with Gasteiger partial charge in [-0.25, -0.2) is 9.59 Å². The number of hydrogen-bond donors (Lipinski definition) is 2. The van der Waals surface area contributed by atoms with Gasteiger partial charge in [-0.2, -0.15) is 0 Å². The highest BCUT2D eigenvalue weighted by atomic mass is 32.1. The smallest absolute Gasteiger partial charge is 0.334 e. The predicted octanol–water partition coefficient (Wildman–Crippen LogP) is 0.710. The third-order valence-corrected chi connectivity index (χ3v) is 2.15. The third-order valence-electron chi connectivity index (χ3n) is 1.41. The molecule has 1 aromatic rings. The molecule has 0 aliphatic carbocycles. The second-order valence-corrected chi connectivity index (χ2v) is 3.49. The van der Waals surface area contributed by atoms with E-state index in [1.807, 2.05) is 0 Å². The molecule has 2 amide bonds. The summed E-state index contributed by atoms with van der Waals surface area (Å²) in [5.41, 5.74) is 4.85. The number of carbonyl (C=O) groups excluding carboxylic acids is 2. The Balaban J connectivity index is 2.46. The molecule has 1 unspecified atom stereocenters. The summed E-state index contributed by atoms with van der Waals surface area (Å²) in [6, 6.07) is 1.94. The minimum atomic E-state index is -0.749. The van der Waals surface area contributed by atoms with E-state index in [2.05, 4.69) is 5.32 Å². The lowest BCUT2D eigenvalue weighted by Crippen LogP contribution is -2.43. The molecule has 14 heavy (non-hydrogen) atoms. The van der Waals surface area contributed by atoms with Crippen LogP contribution in [0.2, 0.25) is 0 Å². The van der Waals surface area contributed by atoms with Crippen molar-refractivity contribution in [1.29, 1.82) is 0 Å². The lowest BCUT2D eigenvalue weighted by molar-refractivity contribution is -0.135. The Hall–Kier alpha value is -1.56. The van der Waals surface area contributed by atoms with Crippen LogP contribution in [0.3, 0.4) is 0 Å². The van der Waals surface area contributed by atoms with Crippen LogP contribution in [0.5, 0.6) is 5.06 Å². The fourth-order valence-corrected chi connectivity index (χ4v) is 1.36. The van der Waals surface area contributed by atoms with Gasteiger partial charge in [-0.1, -0.05) is 0 Å². The number of rotatable bonds is 3. The largest absolute Gasteiger partial charge is 0.414 e. The maximum Gasteiger partial charge on any atom is 0.334 e. The molecule has 0 fully saturated rings. The van der Waals surface area contributed by atoms with E-state index < -0.39 is 18.0 Å². The first kappa shape index (κ1) is 10.5. The summed E-state index contributed by atoms with van der Waals surface area (Å²) in [6.07, 6.45) is 0. The van der Waals surface area contributed by atoms with E-state index in [4.69, 9.17) is 10.5 Å². The van der Waals surface area contributed by atoms with Gasteiger partial charge in [0.25, 0.3) is 0 Å². The standard InChI is InChI=1S/C8H10N2O3S/c1-5(10-8(9)12)7(11)13-6-3-2-4-14-6/h2-5H,1H3,(H3,9,10,12). The topological polar surface area (TPSA) is 81.4 Å². The van der Waals surface area contributed by atoms with Crippen LogP contribution < -0.4 is 15.8 Å². The number of hydrogen-bond acceptors (Lipinski definition) is 4. The molecule has 0 aliphatic rings. The van der Waals surface area contributed by atoms with Crippen molar-refractivity contribution in [2.24, 2.45) is 5.73 Å². The van der Waals surface area contributed by atoms with Gasteiger partial charge in [-0.15, -0.1) is 11.3 Å². The summed E-state index contributed by atoms with van der Waals surface area (Å²) >= 11 is 1.30. The molecular weight excluding hydrogens is 204 g/mol. The number of primary amides is 1. The number of urea groups is 1. The Labute approximate surface area is 84.9 Å². The molecule has 1 rings (SSSR count). The van der Waals surface area contributed by atoms with Gasteiger partial charge in [0.2, 0.25) is 0 Å². The lowest BCUT2D eigenvalue weighted by atomic mass is 10.3. The van der Waals surface area contributed by atoms with Crippen molar-refractivity contribution in [3.8, 4) is 5.06 Å². The monoisotopic (exact) mass is 214 g/mol. The van der Waals surface area contributed by atoms with E-state index in [9.17, 15) is 9.59 Å². The minimum absolute atomic E-state index is 0.494. The quantitative estimate of drug-likeness (QED) is 0.727. The highest BCUT2D eigenvalue weighted by molar-refractivity contribution is 7.11. The van der Waals surface area contributed by atoms with Gasteiger partial charge in [0, 0.05) is 0 Å². The minimum Gasteiger partial charge on any atom is -0.414 e. The van der Waals surface area contributed by atoms with Gasteiger partial charge in [0.05, 0.1) is 0 Å². The Morgan fingerprint density at radius 3 is 2.86 bits per heavy atom. The Morgan fingerprint density at radius 2 is 2.36 bits per heavy atom. The van der Waals surface area contributed by atoms with Gasteiger partial charge in [-0.05, 0) is 24.4 Å². The molecule has 0 aromatic carbocycles. The van der Waals surface area contributed by atoms with Crippen LogP contribution in [0.15, 0.2) is 17.5 Å². The first-order chi connectivity index (χ1) is 6.59. The zero-order chi connectivity index (χ0) is 10.6. The fourth-order valence-electron chi connectivity index (χ4n) is 0.781. The van der Waals surface area contributed by atoms with Crippen LogP contribution in [0.4, 0.5) is 4.79 Å². The van der Waals surface area contributed by atoms with Crippen molar-refractivity contribution in [2.45, 2.75) is 13.0 Å². The second kappa shape index (κ2) is 4.61. The molecule has 5 nitrogen and oxygen atoms in total. The number of thiophene rings is 1. The Bertz CT molecular complexity index is 323. The number of amides is 2. The van der Waals surface area contributed by atoms with Gasteiger partial charge < -0.3 is 15.8 Å². The molecule has 0 saturated heterocycles. The average Bonchev–Trinajstić information content (AvgIpc) is 2.55. The molecule has 0 spiro atoms. The number of ether oxygens (including phenoxy) is 1. The highest BCUT2D eigenvalue weighted by Gasteiger charge is 2.16. The summed E-state index contributed by atoms with van der Waals surface area (Å²) in [5.74, 6) is -0.536. The molecule has 0 aliphatic heterocycles. The SMILES string of the molecule is CC(NC(N)=O)C(=O)Oc1cccs1. The van der Waals surface area contributed by atoms with Crippen molar-refractivity contribution in [2.75, 3.05) is 0 Å². The van der Waals surface area contributed by atoms with E-state index in [1.165, 1.54) is 18.3 Å². The van der Waals surface area contributed by atoms with Gasteiger partial charge in [0.1, 0.15) is 6.04 Å². The van der Waals surface area contributed by atoms with Crippen molar-refractivity contribution < 1.29 is 14.3 Å². The summed E-state index contributed by atoms with van der Waals surface area (Å²) in [4.78, 5) is 21.7. The second-order valence-electron chi connectivity index (χ2n) is 2.58. The Morgan fingerprint density at radius 1 is 1.64 bits per heavy atom.